The maximum absolute atomic E-state index is 12.4. The number of carbonyl (C=O) groups excluding carboxylic acids is 1. The summed E-state index contributed by atoms with van der Waals surface area (Å²) in [6.07, 6.45) is 0. The van der Waals surface area contributed by atoms with Crippen molar-refractivity contribution in [3.8, 4) is 5.75 Å². The highest BCUT2D eigenvalue weighted by atomic mass is 35.5. The van der Waals surface area contributed by atoms with Crippen molar-refractivity contribution in [2.75, 3.05) is 12.4 Å². The summed E-state index contributed by atoms with van der Waals surface area (Å²) in [4.78, 5) is 27.0. The Morgan fingerprint density at radius 3 is 2.83 bits per heavy atom. The third-order valence-corrected chi connectivity index (χ3v) is 4.38. The van der Waals surface area contributed by atoms with Gasteiger partial charge in [0.05, 0.1) is 27.8 Å². The van der Waals surface area contributed by atoms with Crippen LogP contribution < -0.4 is 10.1 Å². The molecule has 0 aliphatic heterocycles. The van der Waals surface area contributed by atoms with Gasteiger partial charge >= 0.3 is 0 Å². The number of carbonyl (C=O) groups is 1. The topological polar surface area (TPSA) is 94.4 Å². The van der Waals surface area contributed by atoms with E-state index in [9.17, 15) is 14.9 Å². The number of hydrogen-bond donors (Lipinski definition) is 1. The molecule has 0 radical (unpaired) electrons. The molecule has 122 valence electrons. The maximum atomic E-state index is 12.4. The van der Waals surface area contributed by atoms with Crippen LogP contribution in [0, 0.1) is 10.1 Å². The average Bonchev–Trinajstić information content (AvgIpc) is 2.95. The lowest BCUT2D eigenvalue weighted by molar-refractivity contribution is -0.384. The van der Waals surface area contributed by atoms with E-state index in [4.69, 9.17) is 16.3 Å². The zero-order valence-corrected chi connectivity index (χ0v) is 13.9. The molecule has 0 saturated heterocycles. The van der Waals surface area contributed by atoms with Crippen molar-refractivity contribution in [1.29, 1.82) is 0 Å². The highest BCUT2D eigenvalue weighted by molar-refractivity contribution is 7.22. The minimum Gasteiger partial charge on any atom is -0.496 e. The van der Waals surface area contributed by atoms with Crippen LogP contribution in [-0.4, -0.2) is 22.9 Å². The first-order valence-electron chi connectivity index (χ1n) is 6.68. The molecule has 0 aliphatic rings. The van der Waals surface area contributed by atoms with Gasteiger partial charge in [0.1, 0.15) is 5.75 Å². The molecule has 24 heavy (non-hydrogen) atoms. The van der Waals surface area contributed by atoms with Gasteiger partial charge in [-0.3, -0.25) is 20.2 Å². The number of aromatic nitrogens is 1. The van der Waals surface area contributed by atoms with Gasteiger partial charge in [-0.15, -0.1) is 0 Å². The predicted molar refractivity (Wildman–Crippen MR) is 92.2 cm³/mol. The van der Waals surface area contributed by atoms with E-state index in [2.05, 4.69) is 10.3 Å². The van der Waals surface area contributed by atoms with Gasteiger partial charge in [0.25, 0.3) is 11.6 Å². The molecule has 1 heterocycles. The number of non-ortho nitro benzene ring substituents is 1. The van der Waals surface area contributed by atoms with Crippen LogP contribution >= 0.6 is 22.9 Å². The Bertz CT molecular complexity index is 957. The Hall–Kier alpha value is -2.71. The van der Waals surface area contributed by atoms with Gasteiger partial charge in [0.15, 0.2) is 5.13 Å². The second-order valence-corrected chi connectivity index (χ2v) is 6.19. The summed E-state index contributed by atoms with van der Waals surface area (Å²) in [5.41, 5.74) is 0.562. The lowest BCUT2D eigenvalue weighted by Crippen LogP contribution is -2.13. The van der Waals surface area contributed by atoms with Crippen molar-refractivity contribution in [3.63, 3.8) is 0 Å². The van der Waals surface area contributed by atoms with E-state index in [1.165, 1.54) is 36.6 Å². The van der Waals surface area contributed by atoms with Gasteiger partial charge in [0.2, 0.25) is 0 Å². The first-order valence-corrected chi connectivity index (χ1v) is 7.87. The monoisotopic (exact) mass is 363 g/mol. The molecule has 0 spiro atoms. The Kier molecular flexibility index (Phi) is 4.32. The van der Waals surface area contributed by atoms with E-state index in [0.29, 0.717) is 15.7 Å². The number of halogens is 1. The normalized spacial score (nSPS) is 10.6. The first kappa shape index (κ1) is 16.2. The molecule has 3 aromatic rings. The fourth-order valence-corrected chi connectivity index (χ4v) is 3.24. The number of ether oxygens (including phenoxy) is 1. The number of nitrogens with one attached hydrogen (secondary N) is 1. The summed E-state index contributed by atoms with van der Waals surface area (Å²) >= 11 is 7.18. The fourth-order valence-electron chi connectivity index (χ4n) is 2.10. The van der Waals surface area contributed by atoms with Crippen LogP contribution in [0.25, 0.3) is 10.2 Å². The van der Waals surface area contributed by atoms with Crippen molar-refractivity contribution in [2.45, 2.75) is 0 Å². The average molecular weight is 364 g/mol. The van der Waals surface area contributed by atoms with Crippen molar-refractivity contribution in [3.05, 3.63) is 57.1 Å². The van der Waals surface area contributed by atoms with E-state index in [0.717, 1.165) is 4.70 Å². The van der Waals surface area contributed by atoms with Crippen molar-refractivity contribution < 1.29 is 14.5 Å². The second-order valence-electron chi connectivity index (χ2n) is 4.73. The van der Waals surface area contributed by atoms with Gasteiger partial charge in [-0.2, -0.15) is 0 Å². The number of rotatable bonds is 4. The number of benzene rings is 2. The molecular formula is C15H10ClN3O4S. The SMILES string of the molecule is COc1ccc([N+](=O)[O-])cc1C(=O)Nc1nc2ccc(Cl)cc2s1. The molecule has 1 aromatic heterocycles. The molecule has 0 saturated carbocycles. The summed E-state index contributed by atoms with van der Waals surface area (Å²) in [5.74, 6) is -0.303. The molecule has 1 amide bonds. The van der Waals surface area contributed by atoms with E-state index in [-0.39, 0.29) is 17.0 Å². The van der Waals surface area contributed by atoms with Crippen LogP contribution in [0.1, 0.15) is 10.4 Å². The van der Waals surface area contributed by atoms with Gasteiger partial charge in [-0.05, 0) is 24.3 Å². The van der Waals surface area contributed by atoms with Gasteiger partial charge in [-0.1, -0.05) is 22.9 Å². The molecule has 7 nitrogen and oxygen atoms in total. The quantitative estimate of drug-likeness (QED) is 0.555. The van der Waals surface area contributed by atoms with Gasteiger partial charge in [-0.25, -0.2) is 4.98 Å². The van der Waals surface area contributed by atoms with Crippen molar-refractivity contribution in [2.24, 2.45) is 0 Å². The number of fused-ring (bicyclic) bond motifs is 1. The Balaban J connectivity index is 1.93. The molecule has 0 unspecified atom stereocenters. The van der Waals surface area contributed by atoms with Gasteiger partial charge in [0, 0.05) is 17.2 Å². The number of nitro benzene ring substituents is 1. The van der Waals surface area contributed by atoms with Gasteiger partial charge < -0.3 is 4.74 Å². The molecule has 0 fully saturated rings. The number of methoxy groups -OCH3 is 1. The van der Waals surface area contributed by atoms with Crippen LogP contribution in [0.3, 0.4) is 0 Å². The molecule has 0 aliphatic carbocycles. The number of amides is 1. The highest BCUT2D eigenvalue weighted by Crippen LogP contribution is 2.30. The summed E-state index contributed by atoms with van der Waals surface area (Å²) in [5, 5.41) is 14.5. The van der Waals surface area contributed by atoms with Crippen LogP contribution in [0.15, 0.2) is 36.4 Å². The maximum Gasteiger partial charge on any atom is 0.270 e. The molecule has 0 atom stereocenters. The Morgan fingerprint density at radius 2 is 2.12 bits per heavy atom. The minimum atomic E-state index is -0.574. The van der Waals surface area contributed by atoms with Crippen LogP contribution in [0.4, 0.5) is 10.8 Å². The largest absolute Gasteiger partial charge is 0.496 e. The van der Waals surface area contributed by atoms with Crippen LogP contribution in [0.2, 0.25) is 5.02 Å². The van der Waals surface area contributed by atoms with Crippen molar-refractivity contribution in [1.82, 2.24) is 4.98 Å². The Morgan fingerprint density at radius 1 is 1.33 bits per heavy atom. The summed E-state index contributed by atoms with van der Waals surface area (Å²) in [6.45, 7) is 0. The third-order valence-electron chi connectivity index (χ3n) is 3.21. The third kappa shape index (κ3) is 3.15. The Labute approximate surface area is 145 Å². The molecule has 2 aromatic carbocycles. The zero-order valence-electron chi connectivity index (χ0n) is 12.3. The number of thiazole rings is 1. The van der Waals surface area contributed by atoms with E-state index >= 15 is 0 Å². The fraction of sp³-hybridized carbons (Fsp3) is 0.0667. The second kappa shape index (κ2) is 6.42. The summed E-state index contributed by atoms with van der Waals surface area (Å²) < 4.78 is 5.92. The number of hydrogen-bond acceptors (Lipinski definition) is 6. The van der Waals surface area contributed by atoms with E-state index in [1.807, 2.05) is 0 Å². The predicted octanol–water partition coefficient (Wildman–Crippen LogP) is 4.12. The highest BCUT2D eigenvalue weighted by Gasteiger charge is 2.18. The number of nitro groups is 1. The summed E-state index contributed by atoms with van der Waals surface area (Å²) in [7, 11) is 1.39. The van der Waals surface area contributed by atoms with E-state index in [1.54, 1.807) is 18.2 Å². The number of nitrogens with zero attached hydrogens (tertiary/aromatic N) is 2. The van der Waals surface area contributed by atoms with Crippen molar-refractivity contribution >= 4 is 49.9 Å². The first-order chi connectivity index (χ1) is 11.5. The zero-order chi connectivity index (χ0) is 17.3. The van der Waals surface area contributed by atoms with Crippen LogP contribution in [-0.2, 0) is 0 Å². The molecule has 1 N–H and O–H groups in total. The molecular weight excluding hydrogens is 354 g/mol. The molecule has 3 rings (SSSR count). The standard InChI is InChI=1S/C15H10ClN3O4S/c1-23-12-5-3-9(19(21)22)7-10(12)14(20)18-15-17-11-4-2-8(16)6-13(11)24-15/h2-7H,1H3,(H,17,18,20). The lowest BCUT2D eigenvalue weighted by atomic mass is 10.1. The smallest absolute Gasteiger partial charge is 0.270 e. The molecule has 0 bridgehead atoms. The number of anilines is 1. The summed E-state index contributed by atoms with van der Waals surface area (Å²) in [6, 6.07) is 9.02. The van der Waals surface area contributed by atoms with Crippen LogP contribution in [0.5, 0.6) is 5.75 Å². The molecule has 9 heteroatoms. The minimum absolute atomic E-state index is 0.0592. The van der Waals surface area contributed by atoms with E-state index < -0.39 is 10.8 Å². The lowest BCUT2D eigenvalue weighted by Gasteiger charge is -2.07.